The maximum atomic E-state index is 12.4. The molecule has 0 fully saturated rings. The van der Waals surface area contributed by atoms with Gasteiger partial charge >= 0.3 is 0 Å². The van der Waals surface area contributed by atoms with E-state index in [1.165, 1.54) is 32.4 Å². The van der Waals surface area contributed by atoms with Crippen molar-refractivity contribution in [3.05, 3.63) is 18.2 Å². The Kier molecular flexibility index (Phi) is 5.56. The van der Waals surface area contributed by atoms with Crippen LogP contribution in [0.3, 0.4) is 0 Å². The molecule has 1 rings (SSSR count). The molecule has 21 heavy (non-hydrogen) atoms. The normalized spacial score (nSPS) is 11.7. The van der Waals surface area contributed by atoms with Crippen LogP contribution >= 0.6 is 0 Å². The Morgan fingerprint density at radius 1 is 1.43 bits per heavy atom. The van der Waals surface area contributed by atoms with E-state index in [1.54, 1.807) is 13.8 Å². The molecule has 0 spiro atoms. The molecule has 0 aliphatic carbocycles. The van der Waals surface area contributed by atoms with Gasteiger partial charge in [0.05, 0.1) is 24.2 Å². The van der Waals surface area contributed by atoms with Gasteiger partial charge in [-0.2, -0.15) is 4.31 Å². The van der Waals surface area contributed by atoms with Crippen molar-refractivity contribution in [3.8, 4) is 5.75 Å². The minimum Gasteiger partial charge on any atom is -0.495 e. The number of hydrogen-bond acceptors (Lipinski definition) is 5. The Labute approximate surface area is 125 Å². The first-order valence-corrected chi connectivity index (χ1v) is 7.81. The Bertz CT molecular complexity index is 614. The summed E-state index contributed by atoms with van der Waals surface area (Å²) < 4.78 is 30.8. The van der Waals surface area contributed by atoms with Gasteiger partial charge in [-0.3, -0.25) is 4.79 Å². The highest BCUT2D eigenvalue weighted by Gasteiger charge is 2.24. The van der Waals surface area contributed by atoms with E-state index in [9.17, 15) is 13.2 Å². The van der Waals surface area contributed by atoms with Gasteiger partial charge in [-0.15, -0.1) is 0 Å². The van der Waals surface area contributed by atoms with Crippen molar-refractivity contribution in [1.29, 1.82) is 0 Å². The van der Waals surface area contributed by atoms with Crippen LogP contribution in [0.4, 0.5) is 5.69 Å². The first kappa shape index (κ1) is 17.3. The molecule has 1 amide bonds. The standard InChI is InChI=1S/C13H21N3O4S/c1-9(2)15-13(17)8-16(3)21(18,19)10-5-6-11(14)12(7-10)20-4/h5-7,9H,8,14H2,1-4H3,(H,15,17). The number of methoxy groups -OCH3 is 1. The lowest BCUT2D eigenvalue weighted by atomic mass is 10.3. The number of carbonyl (C=O) groups excluding carboxylic acids is 1. The fourth-order valence-electron chi connectivity index (χ4n) is 1.69. The molecule has 0 aliphatic rings. The smallest absolute Gasteiger partial charge is 0.243 e. The van der Waals surface area contributed by atoms with E-state index in [0.717, 1.165) is 4.31 Å². The third-order valence-electron chi connectivity index (χ3n) is 2.73. The van der Waals surface area contributed by atoms with Gasteiger partial charge in [-0.05, 0) is 26.0 Å². The lowest BCUT2D eigenvalue weighted by Crippen LogP contribution is -2.40. The highest BCUT2D eigenvalue weighted by atomic mass is 32.2. The van der Waals surface area contributed by atoms with Gasteiger partial charge in [0.1, 0.15) is 5.75 Å². The molecular formula is C13H21N3O4S. The summed E-state index contributed by atoms with van der Waals surface area (Å²) >= 11 is 0. The third kappa shape index (κ3) is 4.33. The van der Waals surface area contributed by atoms with Crippen molar-refractivity contribution in [3.63, 3.8) is 0 Å². The van der Waals surface area contributed by atoms with Crippen molar-refractivity contribution in [2.75, 3.05) is 26.4 Å². The molecule has 0 saturated carbocycles. The Balaban J connectivity index is 2.97. The van der Waals surface area contributed by atoms with E-state index in [-0.39, 0.29) is 29.1 Å². The Morgan fingerprint density at radius 2 is 2.05 bits per heavy atom. The van der Waals surface area contributed by atoms with Crippen molar-refractivity contribution in [2.24, 2.45) is 0 Å². The van der Waals surface area contributed by atoms with Gasteiger partial charge in [-0.25, -0.2) is 8.42 Å². The summed E-state index contributed by atoms with van der Waals surface area (Å²) in [6.07, 6.45) is 0. The molecule has 0 saturated heterocycles. The molecule has 118 valence electrons. The average molecular weight is 315 g/mol. The number of amides is 1. The second-order valence-corrected chi connectivity index (χ2v) is 6.93. The fraction of sp³-hybridized carbons (Fsp3) is 0.462. The van der Waals surface area contributed by atoms with E-state index in [1.807, 2.05) is 0 Å². The molecule has 7 nitrogen and oxygen atoms in total. The van der Waals surface area contributed by atoms with Crippen molar-refractivity contribution >= 4 is 21.6 Å². The highest BCUT2D eigenvalue weighted by Crippen LogP contribution is 2.26. The number of nitrogens with zero attached hydrogens (tertiary/aromatic N) is 1. The van der Waals surface area contributed by atoms with Crippen LogP contribution in [0.25, 0.3) is 0 Å². The van der Waals surface area contributed by atoms with Crippen LogP contribution in [-0.4, -0.2) is 45.4 Å². The van der Waals surface area contributed by atoms with Gasteiger partial charge in [0.15, 0.2) is 0 Å². The fourth-order valence-corrected chi connectivity index (χ4v) is 2.83. The van der Waals surface area contributed by atoms with E-state index in [0.29, 0.717) is 5.69 Å². The lowest BCUT2D eigenvalue weighted by molar-refractivity contribution is -0.121. The summed E-state index contributed by atoms with van der Waals surface area (Å²) in [5, 5.41) is 2.64. The number of ether oxygens (including phenoxy) is 1. The van der Waals surface area contributed by atoms with Crippen LogP contribution in [0.1, 0.15) is 13.8 Å². The second kappa shape index (κ2) is 6.77. The highest BCUT2D eigenvalue weighted by molar-refractivity contribution is 7.89. The number of nitrogens with one attached hydrogen (secondary N) is 1. The van der Waals surface area contributed by atoms with Crippen molar-refractivity contribution < 1.29 is 17.9 Å². The first-order valence-electron chi connectivity index (χ1n) is 6.37. The maximum absolute atomic E-state index is 12.4. The molecule has 0 aromatic heterocycles. The predicted molar refractivity (Wildman–Crippen MR) is 80.5 cm³/mol. The third-order valence-corrected chi connectivity index (χ3v) is 4.53. The van der Waals surface area contributed by atoms with E-state index < -0.39 is 10.0 Å². The number of carbonyl (C=O) groups is 1. The number of benzene rings is 1. The van der Waals surface area contributed by atoms with Crippen LogP contribution < -0.4 is 15.8 Å². The Hall–Kier alpha value is -1.80. The minimum absolute atomic E-state index is 0.0217. The van der Waals surface area contributed by atoms with Crippen molar-refractivity contribution in [1.82, 2.24) is 9.62 Å². The zero-order chi connectivity index (χ0) is 16.2. The van der Waals surface area contributed by atoms with Gasteiger partial charge in [-0.1, -0.05) is 0 Å². The Morgan fingerprint density at radius 3 is 2.57 bits per heavy atom. The zero-order valence-electron chi connectivity index (χ0n) is 12.6. The summed E-state index contributed by atoms with van der Waals surface area (Å²) in [6, 6.07) is 4.12. The zero-order valence-corrected chi connectivity index (χ0v) is 13.4. The van der Waals surface area contributed by atoms with Crippen molar-refractivity contribution in [2.45, 2.75) is 24.8 Å². The van der Waals surface area contributed by atoms with Gasteiger partial charge in [0, 0.05) is 19.2 Å². The van der Waals surface area contributed by atoms with Gasteiger partial charge in [0.25, 0.3) is 0 Å². The van der Waals surface area contributed by atoms with E-state index in [4.69, 9.17) is 10.5 Å². The number of likely N-dealkylation sites (N-methyl/N-ethyl adjacent to an activating group) is 1. The summed E-state index contributed by atoms with van der Waals surface area (Å²) in [5.41, 5.74) is 6.00. The predicted octanol–water partition coefficient (Wildman–Crippen LogP) is 0.423. The molecule has 0 atom stereocenters. The molecule has 3 N–H and O–H groups in total. The van der Waals surface area contributed by atoms with Gasteiger partial charge < -0.3 is 15.8 Å². The number of nitrogen functional groups attached to an aromatic ring is 1. The first-order chi connectivity index (χ1) is 9.68. The number of nitrogens with two attached hydrogens (primary N) is 1. The van der Waals surface area contributed by atoms with Crippen LogP contribution in [0.5, 0.6) is 5.75 Å². The van der Waals surface area contributed by atoms with Gasteiger partial charge in [0.2, 0.25) is 15.9 Å². The molecule has 0 bridgehead atoms. The molecule has 0 radical (unpaired) electrons. The molecule has 1 aromatic rings. The van der Waals surface area contributed by atoms with Crippen LogP contribution in [-0.2, 0) is 14.8 Å². The molecular weight excluding hydrogens is 294 g/mol. The maximum Gasteiger partial charge on any atom is 0.243 e. The summed E-state index contributed by atoms with van der Waals surface area (Å²) in [6.45, 7) is 3.35. The number of rotatable bonds is 6. The SMILES string of the molecule is COc1cc(S(=O)(=O)N(C)CC(=O)NC(C)C)ccc1N. The molecule has 0 aliphatic heterocycles. The topological polar surface area (TPSA) is 102 Å². The van der Waals surface area contributed by atoms with E-state index >= 15 is 0 Å². The van der Waals surface area contributed by atoms with E-state index in [2.05, 4.69) is 5.32 Å². The largest absolute Gasteiger partial charge is 0.495 e. The summed E-state index contributed by atoms with van der Waals surface area (Å²) in [4.78, 5) is 11.7. The molecule has 8 heteroatoms. The molecule has 0 unspecified atom stereocenters. The summed E-state index contributed by atoms with van der Waals surface area (Å²) in [5.74, 6) is -0.0883. The second-order valence-electron chi connectivity index (χ2n) is 4.89. The average Bonchev–Trinajstić information content (AvgIpc) is 2.37. The molecule has 1 aromatic carbocycles. The quantitative estimate of drug-likeness (QED) is 0.741. The van der Waals surface area contributed by atoms with Crippen LogP contribution in [0.2, 0.25) is 0 Å². The number of hydrogen-bond donors (Lipinski definition) is 2. The lowest BCUT2D eigenvalue weighted by Gasteiger charge is -2.18. The van der Waals surface area contributed by atoms with Crippen LogP contribution in [0, 0.1) is 0 Å². The summed E-state index contributed by atoms with van der Waals surface area (Å²) in [7, 11) is -1.03. The minimum atomic E-state index is -3.78. The van der Waals surface area contributed by atoms with Crippen LogP contribution in [0.15, 0.2) is 23.1 Å². The monoisotopic (exact) mass is 315 g/mol. The molecule has 0 heterocycles. The number of sulfonamides is 1. The number of anilines is 1.